The number of nitrogens with two attached hydrogens (primary N) is 1. The molecule has 0 aromatic heterocycles. The molecule has 0 radical (unpaired) electrons. The largest absolute Gasteiger partial charge is 0.465 e. The minimum absolute atomic E-state index is 0.270. The molecule has 0 spiro atoms. The van der Waals surface area contributed by atoms with E-state index in [0.29, 0.717) is 19.2 Å². The molecule has 1 saturated carbocycles. The van der Waals surface area contributed by atoms with Crippen molar-refractivity contribution in [3.8, 4) is 0 Å². The lowest BCUT2D eigenvalue weighted by molar-refractivity contribution is -0.150. The van der Waals surface area contributed by atoms with Gasteiger partial charge >= 0.3 is 5.97 Å². The van der Waals surface area contributed by atoms with E-state index in [4.69, 9.17) is 10.5 Å². The maximum atomic E-state index is 11.9. The van der Waals surface area contributed by atoms with Gasteiger partial charge in [0.1, 0.15) is 5.54 Å². The van der Waals surface area contributed by atoms with E-state index in [1.807, 2.05) is 6.92 Å². The Balaban J connectivity index is 1.98. The minimum Gasteiger partial charge on any atom is -0.465 e. The van der Waals surface area contributed by atoms with Crippen molar-refractivity contribution in [1.82, 2.24) is 4.90 Å². The molecule has 0 aromatic rings. The van der Waals surface area contributed by atoms with Crippen LogP contribution in [0.5, 0.6) is 0 Å². The fraction of sp³-hybridized carbons (Fsp3) is 0.933. The van der Waals surface area contributed by atoms with Gasteiger partial charge in [-0.3, -0.25) is 9.69 Å². The van der Waals surface area contributed by atoms with Gasteiger partial charge in [-0.1, -0.05) is 12.8 Å². The van der Waals surface area contributed by atoms with Crippen LogP contribution < -0.4 is 5.73 Å². The summed E-state index contributed by atoms with van der Waals surface area (Å²) in [5, 5.41) is 0. The van der Waals surface area contributed by atoms with Crippen molar-refractivity contribution >= 4 is 5.97 Å². The van der Waals surface area contributed by atoms with Gasteiger partial charge in [-0.25, -0.2) is 0 Å². The summed E-state index contributed by atoms with van der Waals surface area (Å²) >= 11 is 0. The van der Waals surface area contributed by atoms with Crippen LogP contribution in [0.4, 0.5) is 0 Å². The summed E-state index contributed by atoms with van der Waals surface area (Å²) in [6, 6.07) is 0.639. The van der Waals surface area contributed by atoms with Crippen LogP contribution in [-0.4, -0.2) is 42.1 Å². The number of hydrogen-bond acceptors (Lipinski definition) is 4. The number of rotatable bonds is 4. The van der Waals surface area contributed by atoms with Gasteiger partial charge in [0.05, 0.1) is 6.61 Å². The van der Waals surface area contributed by atoms with Crippen molar-refractivity contribution in [1.29, 1.82) is 0 Å². The van der Waals surface area contributed by atoms with E-state index in [0.717, 1.165) is 12.5 Å². The number of nitrogens with zero attached hydrogens (tertiary/aromatic N) is 1. The van der Waals surface area contributed by atoms with Crippen molar-refractivity contribution < 1.29 is 9.53 Å². The summed E-state index contributed by atoms with van der Waals surface area (Å²) in [5.74, 6) is 0.549. The highest BCUT2D eigenvalue weighted by Gasteiger charge is 2.39. The average Bonchev–Trinajstić information content (AvgIpc) is 2.39. The third kappa shape index (κ3) is 3.48. The van der Waals surface area contributed by atoms with Gasteiger partial charge in [-0.05, 0) is 52.0 Å². The molecule has 2 N–H and O–H groups in total. The number of fused-ring (bicyclic) bond motifs is 1. The summed E-state index contributed by atoms with van der Waals surface area (Å²) in [7, 11) is 0. The van der Waals surface area contributed by atoms with Gasteiger partial charge in [0.15, 0.2) is 0 Å². The Bertz CT molecular complexity index is 315. The summed E-state index contributed by atoms with van der Waals surface area (Å²) in [6.07, 6.45) is 7.89. The first kappa shape index (κ1) is 14.8. The second-order valence-corrected chi connectivity index (χ2v) is 6.36. The third-order valence-electron chi connectivity index (χ3n) is 4.63. The molecule has 19 heavy (non-hydrogen) atoms. The van der Waals surface area contributed by atoms with Gasteiger partial charge in [0, 0.05) is 12.6 Å². The van der Waals surface area contributed by atoms with Crippen molar-refractivity contribution in [3.05, 3.63) is 0 Å². The molecular weight excluding hydrogens is 240 g/mol. The SMILES string of the molecule is CCOC(=O)C(C)(N)CN1CCC[C@H]2CCCC[C@H]21. The van der Waals surface area contributed by atoms with Crippen LogP contribution in [0, 0.1) is 5.92 Å². The van der Waals surface area contributed by atoms with Crippen molar-refractivity contribution in [2.75, 3.05) is 19.7 Å². The molecule has 0 amide bonds. The lowest BCUT2D eigenvalue weighted by atomic mass is 9.78. The van der Waals surface area contributed by atoms with Gasteiger partial charge < -0.3 is 10.5 Å². The van der Waals surface area contributed by atoms with Crippen LogP contribution in [0.1, 0.15) is 52.4 Å². The number of carbonyl (C=O) groups excluding carboxylic acids is 1. The van der Waals surface area contributed by atoms with Crippen LogP contribution >= 0.6 is 0 Å². The highest BCUT2D eigenvalue weighted by molar-refractivity contribution is 5.80. The molecule has 1 aliphatic carbocycles. The molecule has 2 rings (SSSR count). The normalized spacial score (nSPS) is 31.3. The first-order valence-electron chi connectivity index (χ1n) is 7.74. The summed E-state index contributed by atoms with van der Waals surface area (Å²) in [4.78, 5) is 14.4. The highest BCUT2D eigenvalue weighted by atomic mass is 16.5. The molecule has 1 aliphatic heterocycles. The van der Waals surface area contributed by atoms with Gasteiger partial charge in [-0.2, -0.15) is 0 Å². The fourth-order valence-electron chi connectivity index (χ4n) is 3.71. The minimum atomic E-state index is -0.880. The molecule has 4 heteroatoms. The number of carbonyl (C=O) groups is 1. The number of hydrogen-bond donors (Lipinski definition) is 1. The van der Waals surface area contributed by atoms with Gasteiger partial charge in [0.2, 0.25) is 0 Å². The number of ether oxygens (including phenoxy) is 1. The Hall–Kier alpha value is -0.610. The van der Waals surface area contributed by atoms with Crippen LogP contribution in [0.3, 0.4) is 0 Å². The lowest BCUT2D eigenvalue weighted by Gasteiger charge is -2.46. The zero-order valence-electron chi connectivity index (χ0n) is 12.4. The number of esters is 1. The number of likely N-dealkylation sites (tertiary alicyclic amines) is 1. The Kier molecular flexibility index (Phi) is 4.85. The molecule has 4 nitrogen and oxygen atoms in total. The molecule has 1 unspecified atom stereocenters. The second kappa shape index (κ2) is 6.23. The van der Waals surface area contributed by atoms with Crippen LogP contribution in [0.2, 0.25) is 0 Å². The molecule has 2 aliphatic rings. The van der Waals surface area contributed by atoms with E-state index >= 15 is 0 Å². The molecule has 0 bridgehead atoms. The number of piperidine rings is 1. The van der Waals surface area contributed by atoms with Gasteiger partial charge in [0.25, 0.3) is 0 Å². The average molecular weight is 268 g/mol. The Morgan fingerprint density at radius 2 is 2.00 bits per heavy atom. The molecular formula is C15H28N2O2. The molecule has 1 saturated heterocycles. The Labute approximate surface area is 116 Å². The molecule has 110 valence electrons. The summed E-state index contributed by atoms with van der Waals surface area (Å²) < 4.78 is 5.09. The Morgan fingerprint density at radius 3 is 2.74 bits per heavy atom. The van der Waals surface area contributed by atoms with E-state index in [9.17, 15) is 4.79 Å². The maximum absolute atomic E-state index is 11.9. The van der Waals surface area contributed by atoms with Crippen LogP contribution in [0.15, 0.2) is 0 Å². The first-order valence-corrected chi connectivity index (χ1v) is 7.74. The predicted molar refractivity (Wildman–Crippen MR) is 75.8 cm³/mol. The molecule has 2 fully saturated rings. The van der Waals surface area contributed by atoms with Crippen molar-refractivity contribution in [2.45, 2.75) is 64.0 Å². The third-order valence-corrected chi connectivity index (χ3v) is 4.63. The van der Waals surface area contributed by atoms with Crippen molar-refractivity contribution in [2.24, 2.45) is 11.7 Å². The zero-order chi connectivity index (χ0) is 13.9. The van der Waals surface area contributed by atoms with Crippen LogP contribution in [-0.2, 0) is 9.53 Å². The van der Waals surface area contributed by atoms with E-state index in [2.05, 4.69) is 4.90 Å². The molecule has 3 atom stereocenters. The van der Waals surface area contributed by atoms with E-state index < -0.39 is 5.54 Å². The van der Waals surface area contributed by atoms with Crippen LogP contribution in [0.25, 0.3) is 0 Å². The van der Waals surface area contributed by atoms with Crippen molar-refractivity contribution in [3.63, 3.8) is 0 Å². The first-order chi connectivity index (χ1) is 9.04. The maximum Gasteiger partial charge on any atom is 0.327 e. The second-order valence-electron chi connectivity index (χ2n) is 6.36. The monoisotopic (exact) mass is 268 g/mol. The summed E-state index contributed by atoms with van der Waals surface area (Å²) in [6.45, 7) is 5.74. The quantitative estimate of drug-likeness (QED) is 0.792. The van der Waals surface area contributed by atoms with Gasteiger partial charge in [-0.15, -0.1) is 0 Å². The fourth-order valence-corrected chi connectivity index (χ4v) is 3.71. The Morgan fingerprint density at radius 1 is 1.32 bits per heavy atom. The standard InChI is InChI=1S/C15H28N2O2/c1-3-19-14(18)15(2,16)11-17-10-6-8-12-7-4-5-9-13(12)17/h12-13H,3-11,16H2,1-2H3/t12-,13-,15?/m1/s1. The van der Waals surface area contributed by atoms with E-state index in [-0.39, 0.29) is 5.97 Å². The lowest BCUT2D eigenvalue weighted by Crippen LogP contribution is -2.59. The topological polar surface area (TPSA) is 55.6 Å². The molecule has 1 heterocycles. The van der Waals surface area contributed by atoms with E-state index in [1.54, 1.807) is 6.92 Å². The highest BCUT2D eigenvalue weighted by Crippen LogP contribution is 2.35. The summed E-state index contributed by atoms with van der Waals surface area (Å²) in [5.41, 5.74) is 5.30. The zero-order valence-corrected chi connectivity index (χ0v) is 12.4. The molecule has 0 aromatic carbocycles. The smallest absolute Gasteiger partial charge is 0.327 e. The van der Waals surface area contributed by atoms with E-state index in [1.165, 1.54) is 38.5 Å². The predicted octanol–water partition coefficient (Wildman–Crippen LogP) is 1.92.